The number of hydrogen-bond donors (Lipinski definition) is 0. The van der Waals surface area contributed by atoms with Gasteiger partial charge in [0.15, 0.2) is 0 Å². The van der Waals surface area contributed by atoms with Gasteiger partial charge in [0.05, 0.1) is 5.75 Å². The summed E-state index contributed by atoms with van der Waals surface area (Å²) < 4.78 is 32.5. The lowest BCUT2D eigenvalue weighted by atomic mass is 10.1. The van der Waals surface area contributed by atoms with Crippen LogP contribution in [0.1, 0.15) is 39.2 Å². The molecule has 0 aliphatic carbocycles. The Morgan fingerprint density at radius 1 is 1.33 bits per heavy atom. The molecule has 1 aliphatic heterocycles. The molecule has 1 fully saturated rings. The molecular formula is C18H26Cl2N2O4S. The van der Waals surface area contributed by atoms with Crippen LogP contribution in [0.5, 0.6) is 0 Å². The first kappa shape index (κ1) is 22.3. The van der Waals surface area contributed by atoms with E-state index < -0.39 is 21.7 Å². The molecule has 152 valence electrons. The quantitative estimate of drug-likeness (QED) is 0.710. The van der Waals surface area contributed by atoms with Crippen molar-refractivity contribution in [1.29, 1.82) is 0 Å². The van der Waals surface area contributed by atoms with E-state index in [1.165, 1.54) is 11.4 Å². The summed E-state index contributed by atoms with van der Waals surface area (Å²) >= 11 is 12.1. The van der Waals surface area contributed by atoms with E-state index in [9.17, 15) is 13.2 Å². The van der Waals surface area contributed by atoms with Gasteiger partial charge in [-0.25, -0.2) is 13.2 Å². The highest BCUT2D eigenvalue weighted by Crippen LogP contribution is 2.26. The predicted octanol–water partition coefficient (Wildman–Crippen LogP) is 4.15. The Morgan fingerprint density at radius 3 is 2.63 bits per heavy atom. The van der Waals surface area contributed by atoms with Gasteiger partial charge in [-0.3, -0.25) is 0 Å². The highest BCUT2D eigenvalue weighted by molar-refractivity contribution is 7.88. The number of ether oxygens (including phenoxy) is 1. The summed E-state index contributed by atoms with van der Waals surface area (Å²) in [7, 11) is -2.09. The van der Waals surface area contributed by atoms with Crippen LogP contribution in [-0.4, -0.2) is 55.5 Å². The van der Waals surface area contributed by atoms with Crippen molar-refractivity contribution in [2.75, 3.05) is 20.1 Å². The highest BCUT2D eigenvalue weighted by Gasteiger charge is 2.34. The van der Waals surface area contributed by atoms with Gasteiger partial charge in [0.2, 0.25) is 10.0 Å². The summed E-state index contributed by atoms with van der Waals surface area (Å²) in [6, 6.07) is 4.45. The summed E-state index contributed by atoms with van der Waals surface area (Å²) in [6.45, 7) is 6.26. The van der Waals surface area contributed by atoms with Gasteiger partial charge in [-0.05, 0) is 57.4 Å². The van der Waals surface area contributed by atoms with Crippen LogP contribution < -0.4 is 0 Å². The molecule has 0 spiro atoms. The van der Waals surface area contributed by atoms with E-state index in [1.54, 1.807) is 43.9 Å². The van der Waals surface area contributed by atoms with Crippen molar-refractivity contribution in [3.63, 3.8) is 0 Å². The van der Waals surface area contributed by atoms with Crippen LogP contribution in [0.4, 0.5) is 4.79 Å². The lowest BCUT2D eigenvalue weighted by Crippen LogP contribution is -2.51. The Labute approximate surface area is 171 Å². The second-order valence-electron chi connectivity index (χ2n) is 7.73. The first-order valence-corrected chi connectivity index (χ1v) is 11.1. The van der Waals surface area contributed by atoms with E-state index in [-0.39, 0.29) is 11.8 Å². The summed E-state index contributed by atoms with van der Waals surface area (Å²) in [6.07, 6.45) is 0.968. The third-order valence-electron chi connectivity index (χ3n) is 4.35. The molecule has 0 aromatic heterocycles. The molecule has 1 aromatic rings. The van der Waals surface area contributed by atoms with Crippen molar-refractivity contribution in [3.8, 4) is 0 Å². The Kier molecular flexibility index (Phi) is 7.06. The van der Waals surface area contributed by atoms with E-state index >= 15 is 0 Å². The predicted molar refractivity (Wildman–Crippen MR) is 108 cm³/mol. The van der Waals surface area contributed by atoms with Crippen LogP contribution in [-0.2, 0) is 20.5 Å². The van der Waals surface area contributed by atoms with Crippen molar-refractivity contribution < 1.29 is 17.9 Å². The number of amides is 1. The van der Waals surface area contributed by atoms with E-state index in [4.69, 9.17) is 27.9 Å². The van der Waals surface area contributed by atoms with Gasteiger partial charge in [0, 0.05) is 36.2 Å². The first-order chi connectivity index (χ1) is 12.4. The molecule has 0 saturated carbocycles. The number of halogens is 2. The molecule has 0 radical (unpaired) electrons. The highest BCUT2D eigenvalue weighted by atomic mass is 35.5. The molecule has 0 unspecified atom stereocenters. The van der Waals surface area contributed by atoms with Gasteiger partial charge >= 0.3 is 6.09 Å². The van der Waals surface area contributed by atoms with E-state index in [0.29, 0.717) is 41.5 Å². The first-order valence-electron chi connectivity index (χ1n) is 8.76. The molecule has 1 saturated heterocycles. The Hall–Kier alpha value is -1.02. The van der Waals surface area contributed by atoms with Crippen LogP contribution in [0, 0.1) is 0 Å². The van der Waals surface area contributed by atoms with Crippen LogP contribution in [0.15, 0.2) is 18.2 Å². The number of sulfonamides is 1. The fraction of sp³-hybridized carbons (Fsp3) is 0.611. The number of benzene rings is 1. The maximum absolute atomic E-state index is 12.9. The summed E-state index contributed by atoms with van der Waals surface area (Å²) in [5.74, 6) is -0.244. The van der Waals surface area contributed by atoms with Gasteiger partial charge < -0.3 is 9.64 Å². The maximum atomic E-state index is 12.9. The number of carbonyl (C=O) groups excluding carboxylic acids is 1. The Bertz CT molecular complexity index is 793. The normalized spacial score (nSPS) is 18.6. The Balaban J connectivity index is 2.09. The minimum atomic E-state index is -3.63. The average molecular weight is 437 g/mol. The number of likely N-dealkylation sites (tertiary alicyclic amines) is 1. The Morgan fingerprint density at radius 2 is 2.00 bits per heavy atom. The van der Waals surface area contributed by atoms with Crippen LogP contribution in [0.2, 0.25) is 10.0 Å². The van der Waals surface area contributed by atoms with Gasteiger partial charge in [-0.15, -0.1) is 0 Å². The number of hydrogen-bond acceptors (Lipinski definition) is 4. The monoisotopic (exact) mass is 436 g/mol. The maximum Gasteiger partial charge on any atom is 0.410 e. The molecule has 1 heterocycles. The minimum Gasteiger partial charge on any atom is -0.444 e. The number of piperidine rings is 1. The molecular weight excluding hydrogens is 411 g/mol. The van der Waals surface area contributed by atoms with E-state index in [2.05, 4.69) is 0 Å². The van der Waals surface area contributed by atoms with Crippen LogP contribution in [0.3, 0.4) is 0 Å². The minimum absolute atomic E-state index is 0.244. The summed E-state index contributed by atoms with van der Waals surface area (Å²) in [5.41, 5.74) is -0.137. The molecule has 0 bridgehead atoms. The molecule has 1 amide bonds. The fourth-order valence-electron chi connectivity index (χ4n) is 2.92. The zero-order valence-electron chi connectivity index (χ0n) is 16.0. The number of likely N-dealkylation sites (N-methyl/N-ethyl adjacent to an activating group) is 1. The molecule has 6 nitrogen and oxygen atoms in total. The molecule has 9 heteroatoms. The van der Waals surface area contributed by atoms with Gasteiger partial charge in [-0.2, -0.15) is 4.31 Å². The van der Waals surface area contributed by atoms with Gasteiger partial charge in [0.1, 0.15) is 5.60 Å². The molecule has 2 rings (SSSR count). The SMILES string of the molecule is CN([C@H]1CCCN(C(=O)OC(C)(C)C)C1)S(=O)(=O)Cc1cc(Cl)ccc1Cl. The molecule has 1 atom stereocenters. The average Bonchev–Trinajstić information content (AvgIpc) is 2.56. The number of nitrogens with zero attached hydrogens (tertiary/aromatic N) is 2. The van der Waals surface area contributed by atoms with Crippen molar-refractivity contribution in [3.05, 3.63) is 33.8 Å². The third kappa shape index (κ3) is 6.24. The molecule has 27 heavy (non-hydrogen) atoms. The summed E-state index contributed by atoms with van der Waals surface area (Å²) in [5, 5.41) is 0.788. The molecule has 1 aromatic carbocycles. The van der Waals surface area contributed by atoms with Crippen molar-refractivity contribution >= 4 is 39.3 Å². The van der Waals surface area contributed by atoms with E-state index in [0.717, 1.165) is 0 Å². The standard InChI is InChI=1S/C18H26Cl2N2O4S/c1-18(2,3)26-17(23)22-9-5-6-15(11-22)21(4)27(24,25)12-13-10-14(19)7-8-16(13)20/h7-8,10,15H,5-6,9,11-12H2,1-4H3/t15-/m0/s1. The van der Waals surface area contributed by atoms with Crippen molar-refractivity contribution in [1.82, 2.24) is 9.21 Å². The molecule has 1 aliphatic rings. The smallest absolute Gasteiger partial charge is 0.410 e. The van der Waals surface area contributed by atoms with Crippen molar-refractivity contribution in [2.45, 2.75) is 51.0 Å². The van der Waals surface area contributed by atoms with Crippen LogP contribution >= 0.6 is 23.2 Å². The lowest BCUT2D eigenvalue weighted by molar-refractivity contribution is 0.0163. The topological polar surface area (TPSA) is 66.9 Å². The fourth-order valence-corrected chi connectivity index (χ4v) is 4.84. The third-order valence-corrected chi connectivity index (χ3v) is 6.80. The number of rotatable bonds is 4. The lowest BCUT2D eigenvalue weighted by Gasteiger charge is -2.37. The molecule has 0 N–H and O–H groups in total. The second-order valence-corrected chi connectivity index (χ2v) is 10.6. The van der Waals surface area contributed by atoms with Gasteiger partial charge in [-0.1, -0.05) is 23.2 Å². The van der Waals surface area contributed by atoms with Crippen LogP contribution in [0.25, 0.3) is 0 Å². The van der Waals surface area contributed by atoms with Crippen molar-refractivity contribution in [2.24, 2.45) is 0 Å². The summed E-state index contributed by atoms with van der Waals surface area (Å²) in [4.78, 5) is 13.9. The number of carbonyl (C=O) groups is 1. The van der Waals surface area contributed by atoms with E-state index in [1.807, 2.05) is 0 Å². The van der Waals surface area contributed by atoms with Gasteiger partial charge in [0.25, 0.3) is 0 Å². The zero-order chi connectivity index (χ0) is 20.4. The second kappa shape index (κ2) is 8.55. The zero-order valence-corrected chi connectivity index (χ0v) is 18.4. The largest absolute Gasteiger partial charge is 0.444 e.